The van der Waals surface area contributed by atoms with Crippen LogP contribution < -0.4 is 20.6 Å². The molecule has 29 heavy (non-hydrogen) atoms. The SMILES string of the molecule is COc1ccccc1N1CCN(C(C)C(=O)Nc2ccc3[nH]c(=O)[nH]c3c2)CC1. The number of benzene rings is 2. The highest BCUT2D eigenvalue weighted by Gasteiger charge is 2.26. The van der Waals surface area contributed by atoms with Gasteiger partial charge in [0, 0.05) is 31.9 Å². The maximum absolute atomic E-state index is 12.7. The normalized spacial score (nSPS) is 16.0. The van der Waals surface area contributed by atoms with Gasteiger partial charge < -0.3 is 24.9 Å². The van der Waals surface area contributed by atoms with Crippen molar-refractivity contribution in [3.8, 4) is 5.75 Å². The molecule has 3 aromatic rings. The van der Waals surface area contributed by atoms with Gasteiger partial charge in [0.15, 0.2) is 0 Å². The van der Waals surface area contributed by atoms with Crippen molar-refractivity contribution in [2.45, 2.75) is 13.0 Å². The van der Waals surface area contributed by atoms with E-state index in [9.17, 15) is 9.59 Å². The summed E-state index contributed by atoms with van der Waals surface area (Å²) in [5.74, 6) is 0.804. The molecule has 0 bridgehead atoms. The summed E-state index contributed by atoms with van der Waals surface area (Å²) in [4.78, 5) is 34.0. The van der Waals surface area contributed by atoms with Crippen LogP contribution in [0.2, 0.25) is 0 Å². The van der Waals surface area contributed by atoms with Crippen LogP contribution in [0.5, 0.6) is 5.75 Å². The molecule has 4 rings (SSSR count). The van der Waals surface area contributed by atoms with Gasteiger partial charge in [-0.3, -0.25) is 9.69 Å². The molecule has 0 aliphatic carbocycles. The van der Waals surface area contributed by atoms with Gasteiger partial charge in [0.05, 0.1) is 29.9 Å². The Morgan fingerprint density at radius 3 is 2.55 bits per heavy atom. The first kappa shape index (κ1) is 19.1. The topological polar surface area (TPSA) is 93.5 Å². The second-order valence-electron chi connectivity index (χ2n) is 7.20. The molecule has 0 saturated carbocycles. The third-order valence-electron chi connectivity index (χ3n) is 5.45. The second kappa shape index (κ2) is 8.00. The van der Waals surface area contributed by atoms with Crippen LogP contribution in [0.4, 0.5) is 11.4 Å². The van der Waals surface area contributed by atoms with E-state index in [0.29, 0.717) is 16.7 Å². The van der Waals surface area contributed by atoms with E-state index in [0.717, 1.165) is 37.6 Å². The molecule has 1 saturated heterocycles. The molecule has 2 aromatic carbocycles. The Bertz CT molecular complexity index is 1070. The Hall–Kier alpha value is -3.26. The van der Waals surface area contributed by atoms with Crippen molar-refractivity contribution in [1.82, 2.24) is 14.9 Å². The maximum atomic E-state index is 12.7. The molecular weight excluding hydrogens is 370 g/mol. The molecule has 8 nitrogen and oxygen atoms in total. The number of carbonyl (C=O) groups is 1. The van der Waals surface area contributed by atoms with E-state index in [-0.39, 0.29) is 17.6 Å². The molecule has 1 unspecified atom stereocenters. The number of nitrogens with zero attached hydrogens (tertiary/aromatic N) is 2. The van der Waals surface area contributed by atoms with Gasteiger partial charge in [-0.2, -0.15) is 0 Å². The first-order valence-electron chi connectivity index (χ1n) is 9.70. The first-order chi connectivity index (χ1) is 14.0. The highest BCUT2D eigenvalue weighted by atomic mass is 16.5. The quantitative estimate of drug-likeness (QED) is 0.615. The number of hydrogen-bond acceptors (Lipinski definition) is 5. The lowest BCUT2D eigenvalue weighted by Crippen LogP contribution is -2.52. The monoisotopic (exact) mass is 395 g/mol. The highest BCUT2D eigenvalue weighted by Crippen LogP contribution is 2.28. The Kier molecular flexibility index (Phi) is 5.26. The molecule has 1 amide bonds. The third kappa shape index (κ3) is 3.97. The van der Waals surface area contributed by atoms with Gasteiger partial charge in [-0.25, -0.2) is 4.79 Å². The summed E-state index contributed by atoms with van der Waals surface area (Å²) < 4.78 is 5.47. The zero-order valence-corrected chi connectivity index (χ0v) is 16.6. The molecule has 0 radical (unpaired) electrons. The number of hydrogen-bond donors (Lipinski definition) is 3. The summed E-state index contributed by atoms with van der Waals surface area (Å²) >= 11 is 0. The number of nitrogens with one attached hydrogen (secondary N) is 3. The van der Waals surface area contributed by atoms with Crippen LogP contribution >= 0.6 is 0 Å². The van der Waals surface area contributed by atoms with E-state index in [4.69, 9.17) is 4.74 Å². The van der Waals surface area contributed by atoms with Crippen molar-refractivity contribution in [1.29, 1.82) is 0 Å². The number of ether oxygens (including phenoxy) is 1. The molecule has 152 valence electrons. The average Bonchev–Trinajstić information content (AvgIpc) is 3.12. The summed E-state index contributed by atoms with van der Waals surface area (Å²) in [6.45, 7) is 5.15. The van der Waals surface area contributed by atoms with Gasteiger partial charge in [-0.05, 0) is 37.3 Å². The third-order valence-corrected chi connectivity index (χ3v) is 5.45. The van der Waals surface area contributed by atoms with Crippen molar-refractivity contribution in [3.63, 3.8) is 0 Å². The number of piperazine rings is 1. The molecule has 1 atom stereocenters. The van der Waals surface area contributed by atoms with Crippen LogP contribution in [0, 0.1) is 0 Å². The molecule has 1 aromatic heterocycles. The smallest absolute Gasteiger partial charge is 0.323 e. The van der Waals surface area contributed by atoms with Crippen LogP contribution in [0.15, 0.2) is 47.3 Å². The Labute approximate surface area is 168 Å². The minimum Gasteiger partial charge on any atom is -0.495 e. The van der Waals surface area contributed by atoms with Crippen LogP contribution in [0.1, 0.15) is 6.92 Å². The molecule has 1 fully saturated rings. The summed E-state index contributed by atoms with van der Waals surface area (Å²) in [5, 5.41) is 2.95. The van der Waals surface area contributed by atoms with Crippen LogP contribution in [0.25, 0.3) is 11.0 Å². The minimum atomic E-state index is -0.259. The van der Waals surface area contributed by atoms with E-state index in [2.05, 4.69) is 31.2 Å². The number of aromatic nitrogens is 2. The number of amides is 1. The second-order valence-corrected chi connectivity index (χ2v) is 7.20. The van der Waals surface area contributed by atoms with Crippen molar-refractivity contribution in [2.24, 2.45) is 0 Å². The van der Waals surface area contributed by atoms with E-state index in [1.165, 1.54) is 0 Å². The van der Waals surface area contributed by atoms with Crippen LogP contribution in [0.3, 0.4) is 0 Å². The number of anilines is 2. The van der Waals surface area contributed by atoms with E-state index in [1.807, 2.05) is 25.1 Å². The molecule has 1 aliphatic heterocycles. The van der Waals surface area contributed by atoms with Crippen molar-refractivity contribution in [2.75, 3.05) is 43.5 Å². The predicted molar refractivity (Wildman–Crippen MR) is 114 cm³/mol. The standard InChI is InChI=1S/C21H25N5O3/c1-14(20(27)22-15-7-8-16-17(13-15)24-21(28)23-16)25-9-11-26(12-10-25)18-5-3-4-6-19(18)29-2/h3-8,13-14H,9-12H2,1-2H3,(H,22,27)(H2,23,24,28). The number of aromatic amines is 2. The predicted octanol–water partition coefficient (Wildman–Crippen LogP) is 2.01. The van der Waals surface area contributed by atoms with Crippen molar-refractivity contribution < 1.29 is 9.53 Å². The van der Waals surface area contributed by atoms with Crippen molar-refractivity contribution >= 4 is 28.3 Å². The summed E-state index contributed by atoms with van der Waals surface area (Å²) in [6.07, 6.45) is 0. The van der Waals surface area contributed by atoms with Gasteiger partial charge in [0.25, 0.3) is 0 Å². The Morgan fingerprint density at radius 2 is 1.79 bits per heavy atom. The van der Waals surface area contributed by atoms with Crippen molar-refractivity contribution in [3.05, 3.63) is 52.9 Å². The number of imidazole rings is 1. The van der Waals surface area contributed by atoms with Gasteiger partial charge in [-0.15, -0.1) is 0 Å². The molecule has 0 spiro atoms. The summed E-state index contributed by atoms with van der Waals surface area (Å²) in [5.41, 5.74) is 2.88. The molecule has 3 N–H and O–H groups in total. The number of rotatable bonds is 5. The number of fused-ring (bicyclic) bond motifs is 1. The van der Waals surface area contributed by atoms with Crippen LogP contribution in [-0.2, 0) is 4.79 Å². The fraction of sp³-hybridized carbons (Fsp3) is 0.333. The fourth-order valence-corrected chi connectivity index (χ4v) is 3.76. The minimum absolute atomic E-state index is 0.0621. The van der Waals surface area contributed by atoms with Gasteiger partial charge >= 0.3 is 5.69 Å². The van der Waals surface area contributed by atoms with E-state index < -0.39 is 0 Å². The van der Waals surface area contributed by atoms with Gasteiger partial charge in [0.2, 0.25) is 5.91 Å². The van der Waals surface area contributed by atoms with Gasteiger partial charge in [0.1, 0.15) is 5.75 Å². The van der Waals surface area contributed by atoms with Gasteiger partial charge in [-0.1, -0.05) is 12.1 Å². The Balaban J connectivity index is 1.37. The lowest BCUT2D eigenvalue weighted by atomic mass is 10.2. The molecule has 8 heteroatoms. The highest BCUT2D eigenvalue weighted by molar-refractivity contribution is 5.96. The summed E-state index contributed by atoms with van der Waals surface area (Å²) in [7, 11) is 1.68. The number of H-pyrrole nitrogens is 2. The number of para-hydroxylation sites is 2. The Morgan fingerprint density at radius 1 is 1.07 bits per heavy atom. The molecule has 2 heterocycles. The summed E-state index contributed by atoms with van der Waals surface area (Å²) in [6, 6.07) is 13.1. The first-order valence-corrected chi connectivity index (χ1v) is 9.70. The molecular formula is C21H25N5O3. The zero-order chi connectivity index (χ0) is 20.4. The maximum Gasteiger partial charge on any atom is 0.323 e. The number of methoxy groups -OCH3 is 1. The number of carbonyl (C=O) groups excluding carboxylic acids is 1. The lowest BCUT2D eigenvalue weighted by molar-refractivity contribution is -0.120. The van der Waals surface area contributed by atoms with E-state index in [1.54, 1.807) is 25.3 Å². The fourth-order valence-electron chi connectivity index (χ4n) is 3.76. The molecule has 1 aliphatic rings. The average molecular weight is 395 g/mol. The zero-order valence-electron chi connectivity index (χ0n) is 16.6. The largest absolute Gasteiger partial charge is 0.495 e. The van der Waals surface area contributed by atoms with Crippen LogP contribution in [-0.4, -0.2) is 60.1 Å². The van der Waals surface area contributed by atoms with E-state index >= 15 is 0 Å². The lowest BCUT2D eigenvalue weighted by Gasteiger charge is -2.38.